The van der Waals surface area contributed by atoms with Crippen LogP contribution in [0.4, 0.5) is 0 Å². The third-order valence-electron chi connectivity index (χ3n) is 5.39. The second kappa shape index (κ2) is 11.4. The van der Waals surface area contributed by atoms with Gasteiger partial charge in [0.15, 0.2) is 0 Å². The zero-order valence-electron chi connectivity index (χ0n) is 18.5. The first-order valence-electron chi connectivity index (χ1n) is 10.3. The van der Waals surface area contributed by atoms with Crippen molar-refractivity contribution in [2.75, 3.05) is 27.7 Å². The molecule has 0 bridgehead atoms. The van der Waals surface area contributed by atoms with Crippen molar-refractivity contribution in [3.05, 3.63) is 65.7 Å². The fourth-order valence-corrected chi connectivity index (χ4v) is 3.27. The van der Waals surface area contributed by atoms with E-state index in [9.17, 15) is 9.59 Å². The molecule has 0 aromatic heterocycles. The van der Waals surface area contributed by atoms with Gasteiger partial charge >= 0.3 is 0 Å². The van der Waals surface area contributed by atoms with Gasteiger partial charge in [-0.25, -0.2) is 0 Å². The number of hydrogen-bond donors (Lipinski definition) is 2. The van der Waals surface area contributed by atoms with Crippen molar-refractivity contribution in [1.82, 2.24) is 15.5 Å². The van der Waals surface area contributed by atoms with Crippen LogP contribution in [0, 0.1) is 5.92 Å². The Kier molecular flexibility index (Phi) is 8.87. The number of benzene rings is 2. The number of rotatable bonds is 10. The molecule has 2 rings (SSSR count). The minimum atomic E-state index is -0.601. The maximum Gasteiger partial charge on any atom is 0.251 e. The van der Waals surface area contributed by atoms with Crippen molar-refractivity contribution in [3.8, 4) is 5.75 Å². The fraction of sp³-hybridized carbons (Fsp3) is 0.417. The minimum absolute atomic E-state index is 0.00675. The van der Waals surface area contributed by atoms with Gasteiger partial charge in [0.1, 0.15) is 11.8 Å². The lowest BCUT2D eigenvalue weighted by Crippen LogP contribution is -2.51. The van der Waals surface area contributed by atoms with Crippen LogP contribution >= 0.6 is 0 Å². The third-order valence-corrected chi connectivity index (χ3v) is 5.39. The summed E-state index contributed by atoms with van der Waals surface area (Å²) in [6.07, 6.45) is 0.778. The van der Waals surface area contributed by atoms with Crippen LogP contribution < -0.4 is 15.4 Å². The summed E-state index contributed by atoms with van der Waals surface area (Å²) in [6.45, 7) is 4.41. The van der Waals surface area contributed by atoms with E-state index in [4.69, 9.17) is 4.74 Å². The highest BCUT2D eigenvalue weighted by Gasteiger charge is 2.27. The quantitative estimate of drug-likeness (QED) is 0.630. The Bertz CT molecular complexity index is 823. The van der Waals surface area contributed by atoms with E-state index >= 15 is 0 Å². The predicted octanol–water partition coefficient (Wildman–Crippen LogP) is 3.26. The topological polar surface area (TPSA) is 70.7 Å². The Labute approximate surface area is 179 Å². The van der Waals surface area contributed by atoms with Crippen molar-refractivity contribution in [3.63, 3.8) is 0 Å². The Morgan fingerprint density at radius 3 is 2.37 bits per heavy atom. The molecule has 30 heavy (non-hydrogen) atoms. The second-order valence-electron chi connectivity index (χ2n) is 7.70. The SMILES string of the molecule is CCC(C)C(NC(=O)c1ccccc1)C(=O)NCC(c1cccc(OC)c1)N(C)C. The molecule has 2 amide bonds. The van der Waals surface area contributed by atoms with E-state index < -0.39 is 6.04 Å². The standard InChI is InChI=1S/C24H33N3O3/c1-6-17(2)22(26-23(28)18-11-8-7-9-12-18)24(29)25-16-21(27(3)4)19-13-10-14-20(15-19)30-5/h7-15,17,21-22H,6,16H2,1-5H3,(H,25,29)(H,26,28). The van der Waals surface area contributed by atoms with E-state index in [0.717, 1.165) is 17.7 Å². The summed E-state index contributed by atoms with van der Waals surface area (Å²) < 4.78 is 5.33. The summed E-state index contributed by atoms with van der Waals surface area (Å²) in [5, 5.41) is 5.95. The van der Waals surface area contributed by atoms with Crippen molar-refractivity contribution < 1.29 is 14.3 Å². The molecule has 0 aliphatic rings. The molecule has 0 aliphatic carbocycles. The van der Waals surface area contributed by atoms with Crippen LogP contribution in [-0.2, 0) is 4.79 Å². The van der Waals surface area contributed by atoms with Crippen molar-refractivity contribution in [2.45, 2.75) is 32.4 Å². The number of nitrogens with one attached hydrogen (secondary N) is 2. The number of amides is 2. The number of ether oxygens (including phenoxy) is 1. The molecule has 0 heterocycles. The van der Waals surface area contributed by atoms with Gasteiger partial charge in [0.05, 0.1) is 13.2 Å². The predicted molar refractivity (Wildman–Crippen MR) is 120 cm³/mol. The van der Waals surface area contributed by atoms with Gasteiger partial charge in [-0.2, -0.15) is 0 Å². The number of methoxy groups -OCH3 is 1. The average molecular weight is 412 g/mol. The van der Waals surface area contributed by atoms with Crippen LogP contribution in [0.3, 0.4) is 0 Å². The molecule has 2 aromatic carbocycles. The Balaban J connectivity index is 2.10. The summed E-state index contributed by atoms with van der Waals surface area (Å²) in [6, 6.07) is 16.2. The van der Waals surface area contributed by atoms with Gasteiger partial charge in [0.2, 0.25) is 5.91 Å². The van der Waals surface area contributed by atoms with Crippen molar-refractivity contribution in [2.24, 2.45) is 5.92 Å². The monoisotopic (exact) mass is 411 g/mol. The normalized spacial score (nSPS) is 13.9. The van der Waals surface area contributed by atoms with Crippen molar-refractivity contribution >= 4 is 11.8 Å². The molecule has 6 heteroatoms. The highest BCUT2D eigenvalue weighted by Crippen LogP contribution is 2.22. The van der Waals surface area contributed by atoms with Crippen LogP contribution in [0.1, 0.15) is 42.2 Å². The number of carbonyl (C=O) groups excluding carboxylic acids is 2. The van der Waals surface area contributed by atoms with Gasteiger partial charge in [0, 0.05) is 12.1 Å². The molecular weight excluding hydrogens is 378 g/mol. The van der Waals surface area contributed by atoms with Crippen LogP contribution in [0.15, 0.2) is 54.6 Å². The number of carbonyl (C=O) groups is 2. The minimum Gasteiger partial charge on any atom is -0.497 e. The van der Waals surface area contributed by atoms with Crippen LogP contribution in [0.5, 0.6) is 5.75 Å². The lowest BCUT2D eigenvalue weighted by molar-refractivity contribution is -0.124. The van der Waals surface area contributed by atoms with E-state index in [1.54, 1.807) is 19.2 Å². The van der Waals surface area contributed by atoms with E-state index in [1.165, 1.54) is 0 Å². The highest BCUT2D eigenvalue weighted by atomic mass is 16.5. The molecule has 0 spiro atoms. The zero-order valence-corrected chi connectivity index (χ0v) is 18.5. The smallest absolute Gasteiger partial charge is 0.251 e. The van der Waals surface area contributed by atoms with E-state index in [2.05, 4.69) is 15.5 Å². The first kappa shape index (κ1) is 23.4. The van der Waals surface area contributed by atoms with Gasteiger partial charge in [-0.1, -0.05) is 50.6 Å². The van der Waals surface area contributed by atoms with Crippen molar-refractivity contribution in [1.29, 1.82) is 0 Å². The molecular formula is C24H33N3O3. The highest BCUT2D eigenvalue weighted by molar-refractivity contribution is 5.97. The molecule has 2 N–H and O–H groups in total. The number of nitrogens with zero attached hydrogens (tertiary/aromatic N) is 1. The lowest BCUT2D eigenvalue weighted by atomic mass is 9.97. The molecule has 0 saturated carbocycles. The first-order chi connectivity index (χ1) is 14.4. The molecule has 162 valence electrons. The van der Waals surface area contributed by atoms with Gasteiger partial charge in [-0.3, -0.25) is 9.59 Å². The van der Waals surface area contributed by atoms with Crippen LogP contribution in [-0.4, -0.2) is 50.5 Å². The van der Waals surface area contributed by atoms with Gasteiger partial charge in [-0.05, 0) is 49.8 Å². The Morgan fingerprint density at radius 2 is 1.77 bits per heavy atom. The number of hydrogen-bond acceptors (Lipinski definition) is 4. The molecule has 3 unspecified atom stereocenters. The second-order valence-corrected chi connectivity index (χ2v) is 7.70. The van der Waals surface area contributed by atoms with E-state index in [1.807, 2.05) is 70.4 Å². The summed E-state index contributed by atoms with van der Waals surface area (Å²) in [4.78, 5) is 27.7. The first-order valence-corrected chi connectivity index (χ1v) is 10.3. The Hall–Kier alpha value is -2.86. The zero-order chi connectivity index (χ0) is 22.1. The van der Waals surface area contributed by atoms with Gasteiger partial charge < -0.3 is 20.3 Å². The summed E-state index contributed by atoms with van der Waals surface area (Å²) in [7, 11) is 5.58. The largest absolute Gasteiger partial charge is 0.497 e. The maximum absolute atomic E-state index is 13.0. The molecule has 3 atom stereocenters. The molecule has 6 nitrogen and oxygen atoms in total. The summed E-state index contributed by atoms with van der Waals surface area (Å²) in [5.74, 6) is 0.363. The lowest BCUT2D eigenvalue weighted by Gasteiger charge is -2.28. The molecule has 0 fully saturated rings. The van der Waals surface area contributed by atoms with Gasteiger partial charge in [0.25, 0.3) is 5.91 Å². The maximum atomic E-state index is 13.0. The summed E-state index contributed by atoms with van der Waals surface area (Å²) >= 11 is 0. The van der Waals surface area contributed by atoms with Gasteiger partial charge in [-0.15, -0.1) is 0 Å². The summed E-state index contributed by atoms with van der Waals surface area (Å²) in [5.41, 5.74) is 1.59. The fourth-order valence-electron chi connectivity index (χ4n) is 3.27. The van der Waals surface area contributed by atoms with Crippen LogP contribution in [0.2, 0.25) is 0 Å². The third kappa shape index (κ3) is 6.32. The molecule has 0 saturated heterocycles. The Morgan fingerprint density at radius 1 is 1.07 bits per heavy atom. The molecule has 2 aromatic rings. The number of likely N-dealkylation sites (N-methyl/N-ethyl adjacent to an activating group) is 1. The van der Waals surface area contributed by atoms with E-state index in [0.29, 0.717) is 12.1 Å². The molecule has 0 radical (unpaired) electrons. The molecule has 0 aliphatic heterocycles. The van der Waals surface area contributed by atoms with E-state index in [-0.39, 0.29) is 23.8 Å². The van der Waals surface area contributed by atoms with Crippen LogP contribution in [0.25, 0.3) is 0 Å². The average Bonchev–Trinajstić information content (AvgIpc) is 2.77.